The lowest BCUT2D eigenvalue weighted by atomic mass is 10.3. The molecule has 0 aliphatic heterocycles. The molecule has 25 heavy (non-hydrogen) atoms. The van der Waals surface area contributed by atoms with Gasteiger partial charge in [-0.1, -0.05) is 12.1 Å². The van der Waals surface area contributed by atoms with Gasteiger partial charge in [0.05, 0.1) is 5.69 Å². The molecule has 0 spiro atoms. The SMILES string of the molecule is CN(c1ncc(C(F)(F)F)c(OC2CCCC2)n1)c1ccccc1I. The van der Waals surface area contributed by atoms with E-state index in [-0.39, 0.29) is 17.9 Å². The number of benzene rings is 1. The van der Waals surface area contributed by atoms with Crippen LogP contribution in [0, 0.1) is 3.57 Å². The fourth-order valence-corrected chi connectivity index (χ4v) is 3.55. The van der Waals surface area contributed by atoms with Gasteiger partial charge in [-0.2, -0.15) is 18.2 Å². The van der Waals surface area contributed by atoms with E-state index < -0.39 is 11.7 Å². The molecule has 8 heteroatoms. The summed E-state index contributed by atoms with van der Waals surface area (Å²) in [6.45, 7) is 0. The highest BCUT2D eigenvalue weighted by Gasteiger charge is 2.37. The summed E-state index contributed by atoms with van der Waals surface area (Å²) in [6, 6.07) is 7.52. The minimum atomic E-state index is -4.55. The molecule has 0 unspecified atom stereocenters. The second-order valence-electron chi connectivity index (χ2n) is 5.92. The number of aromatic nitrogens is 2. The predicted octanol–water partition coefficient (Wildman–Crippen LogP) is 5.19. The van der Waals surface area contributed by atoms with Crippen LogP contribution in [-0.2, 0) is 6.18 Å². The molecule has 4 nitrogen and oxygen atoms in total. The lowest BCUT2D eigenvalue weighted by Crippen LogP contribution is -2.20. The van der Waals surface area contributed by atoms with Crippen LogP contribution in [-0.4, -0.2) is 23.1 Å². The van der Waals surface area contributed by atoms with E-state index in [1.807, 2.05) is 24.3 Å². The van der Waals surface area contributed by atoms with Gasteiger partial charge >= 0.3 is 6.18 Å². The van der Waals surface area contributed by atoms with Crippen LogP contribution in [0.25, 0.3) is 0 Å². The molecule has 2 aromatic rings. The summed E-state index contributed by atoms with van der Waals surface area (Å²) < 4.78 is 46.3. The summed E-state index contributed by atoms with van der Waals surface area (Å²) in [6.07, 6.45) is -0.527. The smallest absolute Gasteiger partial charge is 0.423 e. The number of ether oxygens (including phenoxy) is 1. The van der Waals surface area contributed by atoms with Gasteiger partial charge in [-0.05, 0) is 60.4 Å². The number of anilines is 2. The van der Waals surface area contributed by atoms with Crippen LogP contribution in [0.4, 0.5) is 24.8 Å². The maximum atomic E-state index is 13.3. The van der Waals surface area contributed by atoms with Crippen molar-refractivity contribution >= 4 is 34.2 Å². The molecule has 0 atom stereocenters. The van der Waals surface area contributed by atoms with Crippen molar-refractivity contribution in [1.29, 1.82) is 0 Å². The number of nitrogens with zero attached hydrogens (tertiary/aromatic N) is 3. The van der Waals surface area contributed by atoms with Crippen molar-refractivity contribution in [1.82, 2.24) is 9.97 Å². The largest absolute Gasteiger partial charge is 0.474 e. The maximum Gasteiger partial charge on any atom is 0.423 e. The van der Waals surface area contributed by atoms with Crippen molar-refractivity contribution in [3.63, 3.8) is 0 Å². The molecule has 0 bridgehead atoms. The first-order valence-electron chi connectivity index (χ1n) is 7.95. The molecule has 1 aliphatic rings. The van der Waals surface area contributed by atoms with Crippen LogP contribution in [0.5, 0.6) is 5.88 Å². The number of hydrogen-bond acceptors (Lipinski definition) is 4. The van der Waals surface area contributed by atoms with Crippen molar-refractivity contribution in [3.05, 3.63) is 39.6 Å². The molecule has 1 fully saturated rings. The van der Waals surface area contributed by atoms with Crippen LogP contribution >= 0.6 is 22.6 Å². The fourth-order valence-electron chi connectivity index (χ4n) is 2.80. The van der Waals surface area contributed by atoms with Crippen molar-refractivity contribution in [3.8, 4) is 5.88 Å². The zero-order valence-electron chi connectivity index (χ0n) is 13.6. The first kappa shape index (κ1) is 18.2. The minimum absolute atomic E-state index is 0.171. The lowest BCUT2D eigenvalue weighted by molar-refractivity contribution is -0.139. The third kappa shape index (κ3) is 4.16. The Morgan fingerprint density at radius 2 is 1.88 bits per heavy atom. The van der Waals surface area contributed by atoms with E-state index in [2.05, 4.69) is 32.6 Å². The van der Waals surface area contributed by atoms with Gasteiger partial charge in [0.1, 0.15) is 11.7 Å². The van der Waals surface area contributed by atoms with E-state index in [0.717, 1.165) is 41.1 Å². The van der Waals surface area contributed by atoms with Gasteiger partial charge in [0.2, 0.25) is 11.8 Å². The summed E-state index contributed by atoms with van der Waals surface area (Å²) in [7, 11) is 1.72. The molecule has 134 valence electrons. The summed E-state index contributed by atoms with van der Waals surface area (Å²) >= 11 is 2.16. The Morgan fingerprint density at radius 3 is 2.52 bits per heavy atom. The molecule has 0 saturated heterocycles. The van der Waals surface area contributed by atoms with Gasteiger partial charge in [-0.15, -0.1) is 0 Å². The lowest BCUT2D eigenvalue weighted by Gasteiger charge is -2.22. The van der Waals surface area contributed by atoms with E-state index in [1.54, 1.807) is 11.9 Å². The van der Waals surface area contributed by atoms with Gasteiger partial charge in [-0.3, -0.25) is 0 Å². The molecular formula is C17H17F3IN3O. The van der Waals surface area contributed by atoms with Crippen molar-refractivity contribution in [2.24, 2.45) is 0 Å². The Balaban J connectivity index is 1.96. The van der Waals surface area contributed by atoms with Crippen LogP contribution < -0.4 is 9.64 Å². The van der Waals surface area contributed by atoms with Gasteiger partial charge in [0.25, 0.3) is 0 Å². The van der Waals surface area contributed by atoms with Gasteiger partial charge in [0, 0.05) is 16.8 Å². The van der Waals surface area contributed by atoms with E-state index in [4.69, 9.17) is 4.74 Å². The highest BCUT2D eigenvalue weighted by Crippen LogP contribution is 2.38. The number of alkyl halides is 3. The molecule has 1 aromatic carbocycles. The highest BCUT2D eigenvalue weighted by atomic mass is 127. The van der Waals surface area contributed by atoms with E-state index >= 15 is 0 Å². The molecule has 0 radical (unpaired) electrons. The summed E-state index contributed by atoms with van der Waals surface area (Å²) in [5, 5.41) is 0. The molecular weight excluding hydrogens is 446 g/mol. The molecule has 1 saturated carbocycles. The number of hydrogen-bond donors (Lipinski definition) is 0. The number of rotatable bonds is 4. The molecule has 1 aliphatic carbocycles. The first-order chi connectivity index (χ1) is 11.9. The molecule has 1 heterocycles. The molecule has 0 N–H and O–H groups in total. The van der Waals surface area contributed by atoms with Gasteiger partial charge < -0.3 is 9.64 Å². The quantitative estimate of drug-likeness (QED) is 0.586. The minimum Gasteiger partial charge on any atom is -0.474 e. The zero-order valence-corrected chi connectivity index (χ0v) is 15.7. The average Bonchev–Trinajstić information content (AvgIpc) is 3.06. The zero-order chi connectivity index (χ0) is 18.0. The third-order valence-corrected chi connectivity index (χ3v) is 5.05. The summed E-state index contributed by atoms with van der Waals surface area (Å²) in [5.74, 6) is -0.215. The van der Waals surface area contributed by atoms with Gasteiger partial charge in [0.15, 0.2) is 0 Å². The average molecular weight is 463 g/mol. The van der Waals surface area contributed by atoms with Crippen LogP contribution in [0.3, 0.4) is 0 Å². The summed E-state index contributed by atoms with van der Waals surface area (Å²) in [5.41, 5.74) is -0.117. The Bertz CT molecular complexity index is 748. The van der Waals surface area contributed by atoms with Gasteiger partial charge in [-0.25, -0.2) is 4.98 Å². The van der Waals surface area contributed by atoms with E-state index in [1.165, 1.54) is 0 Å². The van der Waals surface area contributed by atoms with Crippen molar-refractivity contribution < 1.29 is 17.9 Å². The Labute approximate surface area is 157 Å². The Hall–Kier alpha value is -1.58. The van der Waals surface area contributed by atoms with Crippen molar-refractivity contribution in [2.45, 2.75) is 38.0 Å². The van der Waals surface area contributed by atoms with E-state index in [9.17, 15) is 13.2 Å². The maximum absolute atomic E-state index is 13.3. The number of halogens is 4. The summed E-state index contributed by atoms with van der Waals surface area (Å²) in [4.78, 5) is 9.65. The monoisotopic (exact) mass is 463 g/mol. The number of para-hydroxylation sites is 1. The van der Waals surface area contributed by atoms with Crippen LogP contribution in [0.15, 0.2) is 30.5 Å². The normalized spacial score (nSPS) is 15.4. The molecule has 1 aromatic heterocycles. The topological polar surface area (TPSA) is 38.2 Å². The first-order valence-corrected chi connectivity index (χ1v) is 9.03. The van der Waals surface area contributed by atoms with Crippen molar-refractivity contribution in [2.75, 3.05) is 11.9 Å². The van der Waals surface area contributed by atoms with E-state index in [0.29, 0.717) is 0 Å². The second kappa shape index (κ2) is 7.35. The van der Waals surface area contributed by atoms with Crippen LogP contribution in [0.1, 0.15) is 31.2 Å². The Morgan fingerprint density at radius 1 is 1.20 bits per heavy atom. The molecule has 3 rings (SSSR count). The standard InChI is InChI=1S/C17H17F3IN3O/c1-24(14-9-5-4-8-13(14)21)16-22-10-12(17(18,19)20)15(23-16)25-11-6-2-3-7-11/h4-5,8-11H,2-3,6-7H2,1H3. The predicted molar refractivity (Wildman–Crippen MR) is 97.1 cm³/mol. The highest BCUT2D eigenvalue weighted by molar-refractivity contribution is 14.1. The van der Waals surface area contributed by atoms with Crippen LogP contribution in [0.2, 0.25) is 0 Å². The Kier molecular flexibility index (Phi) is 5.35. The third-order valence-electron chi connectivity index (χ3n) is 4.14. The molecule has 0 amide bonds. The fraction of sp³-hybridized carbons (Fsp3) is 0.412. The second-order valence-corrected chi connectivity index (χ2v) is 7.08.